The van der Waals surface area contributed by atoms with Gasteiger partial charge in [0.1, 0.15) is 5.54 Å². The van der Waals surface area contributed by atoms with Gasteiger partial charge in [-0.3, -0.25) is 9.59 Å². The number of carboxylic acid groups (broad SMARTS) is 2. The molecule has 0 aromatic carbocycles. The molecular formula is C8H10N2O5. The third-order valence-electron chi connectivity index (χ3n) is 3.28. The molecule has 0 amide bonds. The Bertz CT molecular complexity index is 379. The van der Waals surface area contributed by atoms with Crippen molar-refractivity contribution in [3.05, 3.63) is 0 Å². The first-order chi connectivity index (χ1) is 6.93. The van der Waals surface area contributed by atoms with Crippen LogP contribution in [-0.2, 0) is 9.59 Å². The van der Waals surface area contributed by atoms with E-state index in [1.54, 1.807) is 0 Å². The van der Waals surface area contributed by atoms with Crippen molar-refractivity contribution in [3.63, 3.8) is 0 Å². The summed E-state index contributed by atoms with van der Waals surface area (Å²) in [6.45, 7) is 0. The zero-order valence-electron chi connectivity index (χ0n) is 7.62. The Hall–Kier alpha value is -1.63. The second kappa shape index (κ2) is 2.69. The zero-order chi connectivity index (χ0) is 11.4. The molecule has 0 radical (unpaired) electrons. The smallest absolute Gasteiger partial charge is 0.324 e. The summed E-state index contributed by atoms with van der Waals surface area (Å²) in [7, 11) is 0. The number of carbonyl (C=O) groups is 2. The third-order valence-corrected chi connectivity index (χ3v) is 3.28. The molecule has 4 unspecified atom stereocenters. The summed E-state index contributed by atoms with van der Waals surface area (Å²) in [5.41, 5.74) is 4.20. The number of carboxylic acids is 2. The fourth-order valence-corrected chi connectivity index (χ4v) is 2.53. The number of aliphatic carboxylic acids is 2. The minimum atomic E-state index is -1.60. The molecule has 0 aromatic rings. The normalized spacial score (nSPS) is 45.1. The lowest BCUT2D eigenvalue weighted by molar-refractivity contribution is -0.144. The molecule has 0 saturated heterocycles. The Kier molecular flexibility index (Phi) is 1.78. The van der Waals surface area contributed by atoms with E-state index in [1.807, 2.05) is 0 Å². The molecule has 7 nitrogen and oxygen atoms in total. The average molecular weight is 214 g/mol. The van der Waals surface area contributed by atoms with E-state index in [9.17, 15) is 9.59 Å². The Morgan fingerprint density at radius 1 is 1.47 bits per heavy atom. The van der Waals surface area contributed by atoms with Gasteiger partial charge < -0.3 is 21.2 Å². The molecule has 82 valence electrons. The maximum Gasteiger partial charge on any atom is 0.324 e. The van der Waals surface area contributed by atoms with Crippen LogP contribution in [0.15, 0.2) is 5.16 Å². The number of fused-ring (bicyclic) bond motifs is 1. The van der Waals surface area contributed by atoms with E-state index in [2.05, 4.69) is 5.16 Å². The van der Waals surface area contributed by atoms with Crippen LogP contribution in [0.4, 0.5) is 0 Å². The molecule has 2 saturated carbocycles. The predicted molar refractivity (Wildman–Crippen MR) is 46.5 cm³/mol. The third kappa shape index (κ3) is 1.06. The van der Waals surface area contributed by atoms with E-state index >= 15 is 0 Å². The highest BCUT2D eigenvalue weighted by atomic mass is 16.4. The van der Waals surface area contributed by atoms with Gasteiger partial charge in [0, 0.05) is 18.3 Å². The van der Waals surface area contributed by atoms with E-state index in [1.165, 1.54) is 0 Å². The van der Waals surface area contributed by atoms with Gasteiger partial charge in [-0.25, -0.2) is 0 Å². The van der Waals surface area contributed by atoms with Crippen LogP contribution in [0.5, 0.6) is 0 Å². The first-order valence-electron chi connectivity index (χ1n) is 4.39. The van der Waals surface area contributed by atoms with E-state index < -0.39 is 35.2 Å². The maximum atomic E-state index is 10.9. The van der Waals surface area contributed by atoms with Crippen LogP contribution in [0.25, 0.3) is 0 Å². The average Bonchev–Trinajstić information content (AvgIpc) is 2.82. The van der Waals surface area contributed by atoms with Crippen molar-refractivity contribution in [2.24, 2.45) is 28.6 Å². The van der Waals surface area contributed by atoms with Crippen LogP contribution < -0.4 is 5.73 Å². The molecular weight excluding hydrogens is 204 g/mol. The Morgan fingerprint density at radius 2 is 2.07 bits per heavy atom. The molecule has 0 aromatic heterocycles. The maximum absolute atomic E-state index is 10.9. The van der Waals surface area contributed by atoms with Crippen molar-refractivity contribution in [2.75, 3.05) is 0 Å². The van der Waals surface area contributed by atoms with Crippen LogP contribution in [0.1, 0.15) is 6.42 Å². The summed E-state index contributed by atoms with van der Waals surface area (Å²) in [5, 5.41) is 29.3. The molecule has 5 N–H and O–H groups in total. The quantitative estimate of drug-likeness (QED) is 0.342. The van der Waals surface area contributed by atoms with Crippen LogP contribution in [0.2, 0.25) is 0 Å². The molecule has 15 heavy (non-hydrogen) atoms. The van der Waals surface area contributed by atoms with Crippen LogP contribution in [0, 0.1) is 17.8 Å². The highest BCUT2D eigenvalue weighted by molar-refractivity contribution is 6.05. The van der Waals surface area contributed by atoms with Gasteiger partial charge in [-0.15, -0.1) is 0 Å². The van der Waals surface area contributed by atoms with E-state index in [0.29, 0.717) is 0 Å². The van der Waals surface area contributed by atoms with Gasteiger partial charge in [-0.05, 0) is 0 Å². The van der Waals surface area contributed by atoms with Gasteiger partial charge in [0.05, 0.1) is 11.6 Å². The fraction of sp³-hybridized carbons (Fsp3) is 0.625. The van der Waals surface area contributed by atoms with Gasteiger partial charge >= 0.3 is 11.9 Å². The van der Waals surface area contributed by atoms with Gasteiger partial charge in [0.25, 0.3) is 0 Å². The summed E-state index contributed by atoms with van der Waals surface area (Å²) in [6, 6.07) is 0. The summed E-state index contributed by atoms with van der Waals surface area (Å²) >= 11 is 0. The number of hydrogen-bond donors (Lipinski definition) is 4. The molecule has 2 fully saturated rings. The largest absolute Gasteiger partial charge is 0.481 e. The molecule has 2 aliphatic carbocycles. The van der Waals surface area contributed by atoms with Crippen LogP contribution in [0.3, 0.4) is 0 Å². The number of nitrogens with zero attached hydrogens (tertiary/aromatic N) is 1. The van der Waals surface area contributed by atoms with Crippen LogP contribution in [-0.4, -0.2) is 38.6 Å². The van der Waals surface area contributed by atoms with Crippen molar-refractivity contribution >= 4 is 17.7 Å². The Labute approximate surface area is 84.2 Å². The molecule has 0 heterocycles. The standard InChI is InChI=1S/C8H10N2O5/c9-8(7(13)14)1-2(10-15)3-4(5(3)8)6(11)12/h3-5,15H,1,9H2,(H,11,12)(H,13,14). The summed E-state index contributed by atoms with van der Waals surface area (Å²) < 4.78 is 0. The monoisotopic (exact) mass is 214 g/mol. The van der Waals surface area contributed by atoms with E-state index in [4.69, 9.17) is 21.2 Å². The predicted octanol–water partition coefficient (Wildman–Crippen LogP) is -1.05. The first-order valence-corrected chi connectivity index (χ1v) is 4.39. The van der Waals surface area contributed by atoms with Crippen molar-refractivity contribution in [1.82, 2.24) is 0 Å². The summed E-state index contributed by atoms with van der Waals surface area (Å²) in [6.07, 6.45) is -0.0854. The lowest BCUT2D eigenvalue weighted by Crippen LogP contribution is -2.50. The number of oxime groups is 1. The number of rotatable bonds is 2. The first kappa shape index (κ1) is 9.91. The van der Waals surface area contributed by atoms with Crippen molar-refractivity contribution in [1.29, 1.82) is 0 Å². The highest BCUT2D eigenvalue weighted by Crippen LogP contribution is 2.60. The van der Waals surface area contributed by atoms with E-state index in [-0.39, 0.29) is 12.1 Å². The molecule has 2 aliphatic rings. The summed E-state index contributed by atoms with van der Waals surface area (Å²) in [4.78, 5) is 21.7. The number of hydrogen-bond acceptors (Lipinski definition) is 5. The molecule has 0 bridgehead atoms. The molecule has 4 atom stereocenters. The molecule has 2 rings (SSSR count). The van der Waals surface area contributed by atoms with Crippen molar-refractivity contribution in [2.45, 2.75) is 12.0 Å². The fourth-order valence-electron chi connectivity index (χ4n) is 2.53. The minimum absolute atomic E-state index is 0.0854. The molecule has 7 heteroatoms. The summed E-state index contributed by atoms with van der Waals surface area (Å²) in [5.74, 6) is -4.35. The minimum Gasteiger partial charge on any atom is -0.481 e. The van der Waals surface area contributed by atoms with E-state index in [0.717, 1.165) is 0 Å². The highest BCUT2D eigenvalue weighted by Gasteiger charge is 2.73. The van der Waals surface area contributed by atoms with Gasteiger partial charge in [0.2, 0.25) is 0 Å². The lowest BCUT2D eigenvalue weighted by atomic mass is 9.91. The Balaban J connectivity index is 2.34. The van der Waals surface area contributed by atoms with Crippen molar-refractivity contribution in [3.8, 4) is 0 Å². The van der Waals surface area contributed by atoms with Crippen LogP contribution >= 0.6 is 0 Å². The van der Waals surface area contributed by atoms with Gasteiger partial charge in [-0.2, -0.15) is 0 Å². The topological polar surface area (TPSA) is 133 Å². The SMILES string of the molecule is NC1(C(=O)O)CC(=NO)C2C(C(=O)O)C21. The lowest BCUT2D eigenvalue weighted by Gasteiger charge is -2.20. The van der Waals surface area contributed by atoms with Gasteiger partial charge in [0.15, 0.2) is 0 Å². The second-order valence-corrected chi connectivity index (χ2v) is 4.03. The van der Waals surface area contributed by atoms with Crippen molar-refractivity contribution < 1.29 is 25.0 Å². The Morgan fingerprint density at radius 3 is 2.47 bits per heavy atom. The van der Waals surface area contributed by atoms with Gasteiger partial charge in [-0.1, -0.05) is 5.16 Å². The molecule has 0 spiro atoms. The zero-order valence-corrected chi connectivity index (χ0v) is 7.62. The number of nitrogens with two attached hydrogens (primary N) is 1. The molecule has 0 aliphatic heterocycles. The second-order valence-electron chi connectivity index (χ2n) is 4.03.